The topological polar surface area (TPSA) is 79.0 Å². The second kappa shape index (κ2) is 11.2. The van der Waals surface area contributed by atoms with Crippen molar-refractivity contribution in [3.63, 3.8) is 0 Å². The summed E-state index contributed by atoms with van der Waals surface area (Å²) in [5.41, 5.74) is 1.30. The van der Waals surface area contributed by atoms with E-state index in [0.29, 0.717) is 37.8 Å². The van der Waals surface area contributed by atoms with Crippen molar-refractivity contribution < 1.29 is 17.9 Å². The maximum atomic E-state index is 13.3. The molecular weight excluding hydrogens is 545 g/mol. The van der Waals surface area contributed by atoms with E-state index in [1.165, 1.54) is 18.2 Å². The number of hydrogen-bond acceptors (Lipinski definition) is 5. The Bertz CT molecular complexity index is 1380. The summed E-state index contributed by atoms with van der Waals surface area (Å²) < 4.78 is 34.3. The van der Waals surface area contributed by atoms with Crippen LogP contribution in [0, 0.1) is 0 Å². The maximum Gasteiger partial charge on any atom is 0.263 e. The lowest BCUT2D eigenvalue weighted by Gasteiger charge is -2.37. The first-order valence-electron chi connectivity index (χ1n) is 11.2. The van der Waals surface area contributed by atoms with Crippen LogP contribution in [0.1, 0.15) is 17.3 Å². The molecular formula is C25H24Cl3N3O4S. The maximum absolute atomic E-state index is 13.3. The lowest BCUT2D eigenvalue weighted by molar-refractivity contribution is 0.0746. The molecule has 1 N–H and O–H groups in total. The Morgan fingerprint density at radius 2 is 1.67 bits per heavy atom. The van der Waals surface area contributed by atoms with Gasteiger partial charge in [-0.05, 0) is 49.4 Å². The minimum absolute atomic E-state index is 0.0655. The Morgan fingerprint density at radius 3 is 2.36 bits per heavy atom. The normalized spacial score (nSPS) is 14.0. The highest BCUT2D eigenvalue weighted by Gasteiger charge is 2.28. The predicted octanol–water partition coefficient (Wildman–Crippen LogP) is 5.81. The van der Waals surface area contributed by atoms with Crippen LogP contribution in [0.25, 0.3) is 0 Å². The third-order valence-corrected chi connectivity index (χ3v) is 8.08. The van der Waals surface area contributed by atoms with Gasteiger partial charge in [-0.2, -0.15) is 0 Å². The Labute approximate surface area is 225 Å². The Kier molecular flexibility index (Phi) is 8.20. The van der Waals surface area contributed by atoms with Gasteiger partial charge >= 0.3 is 0 Å². The molecule has 1 amide bonds. The SMILES string of the molecule is CCOc1ccccc1N1CCN(C(=O)c2cc(S(=O)(=O)Nc3cccc(Cl)c3)c(Cl)cc2Cl)CC1. The van der Waals surface area contributed by atoms with E-state index in [0.717, 1.165) is 11.4 Å². The van der Waals surface area contributed by atoms with Crippen LogP contribution in [0.5, 0.6) is 5.75 Å². The number of sulfonamides is 1. The van der Waals surface area contributed by atoms with Crippen LogP contribution in [-0.4, -0.2) is 52.0 Å². The fourth-order valence-electron chi connectivity index (χ4n) is 3.98. The first-order valence-corrected chi connectivity index (χ1v) is 13.8. The van der Waals surface area contributed by atoms with Gasteiger partial charge in [0, 0.05) is 31.2 Å². The molecule has 0 radical (unpaired) electrons. The second-order valence-corrected chi connectivity index (χ2v) is 11.0. The molecule has 1 heterocycles. The van der Waals surface area contributed by atoms with E-state index in [9.17, 15) is 13.2 Å². The molecule has 0 atom stereocenters. The largest absolute Gasteiger partial charge is 0.492 e. The van der Waals surface area contributed by atoms with Gasteiger partial charge in [-0.3, -0.25) is 9.52 Å². The van der Waals surface area contributed by atoms with Gasteiger partial charge in [0.05, 0.1) is 33.6 Å². The number of carbonyl (C=O) groups excluding carboxylic acids is 1. The molecule has 0 unspecified atom stereocenters. The van der Waals surface area contributed by atoms with E-state index >= 15 is 0 Å². The van der Waals surface area contributed by atoms with E-state index in [-0.39, 0.29) is 32.1 Å². The van der Waals surface area contributed by atoms with Gasteiger partial charge < -0.3 is 14.5 Å². The fraction of sp³-hybridized carbons (Fsp3) is 0.240. The summed E-state index contributed by atoms with van der Waals surface area (Å²) in [7, 11) is -4.11. The molecule has 190 valence electrons. The third kappa shape index (κ3) is 5.83. The van der Waals surface area contributed by atoms with Gasteiger partial charge in [-0.1, -0.05) is 53.0 Å². The van der Waals surface area contributed by atoms with Gasteiger partial charge in [0.25, 0.3) is 15.9 Å². The molecule has 0 bridgehead atoms. The molecule has 3 aromatic rings. The van der Waals surface area contributed by atoms with Gasteiger partial charge in [0.1, 0.15) is 10.6 Å². The Morgan fingerprint density at radius 1 is 0.944 bits per heavy atom. The zero-order valence-corrected chi connectivity index (χ0v) is 22.5. The number of carbonyl (C=O) groups is 1. The van der Waals surface area contributed by atoms with Crippen molar-refractivity contribution in [3.05, 3.63) is 81.3 Å². The van der Waals surface area contributed by atoms with Crippen molar-refractivity contribution in [3.8, 4) is 5.75 Å². The Balaban J connectivity index is 1.53. The molecule has 1 saturated heterocycles. The van der Waals surface area contributed by atoms with Gasteiger partial charge in [0.15, 0.2) is 0 Å². The predicted molar refractivity (Wildman–Crippen MR) is 144 cm³/mol. The first kappa shape index (κ1) is 26.4. The Hall–Kier alpha value is -2.65. The summed E-state index contributed by atoms with van der Waals surface area (Å²) in [6.07, 6.45) is 0. The number of hydrogen-bond donors (Lipinski definition) is 1. The lowest BCUT2D eigenvalue weighted by Crippen LogP contribution is -2.49. The quantitative estimate of drug-likeness (QED) is 0.389. The van der Waals surface area contributed by atoms with Crippen molar-refractivity contribution in [1.82, 2.24) is 4.90 Å². The minimum Gasteiger partial charge on any atom is -0.492 e. The van der Waals surface area contributed by atoms with Crippen LogP contribution < -0.4 is 14.4 Å². The standard InChI is InChI=1S/C25H24Cl3N3O4S/c1-2-35-23-9-4-3-8-22(23)30-10-12-31(13-11-30)25(32)19-15-24(21(28)16-20(19)27)36(33,34)29-18-7-5-6-17(26)14-18/h3-9,14-16,29H,2,10-13H2,1H3. The number of anilines is 2. The van der Waals surface area contributed by atoms with Crippen molar-refractivity contribution in [2.75, 3.05) is 42.4 Å². The molecule has 4 rings (SSSR count). The zero-order valence-electron chi connectivity index (χ0n) is 19.4. The number of benzene rings is 3. The fourth-order valence-corrected chi connectivity index (χ4v) is 6.07. The van der Waals surface area contributed by atoms with Crippen molar-refractivity contribution in [2.45, 2.75) is 11.8 Å². The van der Waals surface area contributed by atoms with Crippen molar-refractivity contribution in [1.29, 1.82) is 0 Å². The van der Waals surface area contributed by atoms with E-state index in [2.05, 4.69) is 9.62 Å². The number of nitrogens with zero attached hydrogens (tertiary/aromatic N) is 2. The number of halogens is 3. The van der Waals surface area contributed by atoms with E-state index < -0.39 is 10.0 Å². The van der Waals surface area contributed by atoms with Crippen LogP contribution in [0.4, 0.5) is 11.4 Å². The average molecular weight is 569 g/mol. The van der Waals surface area contributed by atoms with Crippen LogP contribution in [0.15, 0.2) is 65.6 Å². The molecule has 3 aromatic carbocycles. The molecule has 7 nitrogen and oxygen atoms in total. The zero-order chi connectivity index (χ0) is 25.9. The summed E-state index contributed by atoms with van der Waals surface area (Å²) in [4.78, 5) is 16.9. The van der Waals surface area contributed by atoms with Gasteiger partial charge in [-0.25, -0.2) is 8.42 Å². The first-order chi connectivity index (χ1) is 17.2. The van der Waals surface area contributed by atoms with E-state index in [4.69, 9.17) is 39.5 Å². The van der Waals surface area contributed by atoms with E-state index in [1.807, 2.05) is 31.2 Å². The highest BCUT2D eigenvalue weighted by molar-refractivity contribution is 7.92. The number of rotatable bonds is 7. The minimum atomic E-state index is -4.11. The summed E-state index contributed by atoms with van der Waals surface area (Å²) in [5, 5.41) is 0.357. The molecule has 1 aliphatic heterocycles. The molecule has 0 saturated carbocycles. The van der Waals surface area contributed by atoms with Crippen molar-refractivity contribution >= 4 is 62.1 Å². The molecule has 11 heteroatoms. The molecule has 1 fully saturated rings. The summed E-state index contributed by atoms with van der Waals surface area (Å²) in [6, 6.07) is 16.5. The molecule has 0 aromatic heterocycles. The average Bonchev–Trinajstić information content (AvgIpc) is 2.84. The van der Waals surface area contributed by atoms with Crippen LogP contribution in [0.2, 0.25) is 15.1 Å². The summed E-state index contributed by atoms with van der Waals surface area (Å²) in [6.45, 7) is 4.53. The number of amides is 1. The third-order valence-electron chi connectivity index (χ3n) is 5.69. The van der Waals surface area contributed by atoms with Gasteiger partial charge in [-0.15, -0.1) is 0 Å². The number of nitrogens with one attached hydrogen (secondary N) is 1. The molecule has 1 aliphatic rings. The van der Waals surface area contributed by atoms with Crippen LogP contribution >= 0.6 is 34.8 Å². The monoisotopic (exact) mass is 567 g/mol. The molecule has 36 heavy (non-hydrogen) atoms. The van der Waals surface area contributed by atoms with Crippen LogP contribution in [-0.2, 0) is 10.0 Å². The lowest BCUT2D eigenvalue weighted by atomic mass is 10.1. The number of para-hydroxylation sites is 2. The molecule has 0 aliphatic carbocycles. The smallest absolute Gasteiger partial charge is 0.263 e. The highest BCUT2D eigenvalue weighted by atomic mass is 35.5. The second-order valence-electron chi connectivity index (χ2n) is 8.06. The van der Waals surface area contributed by atoms with Crippen LogP contribution in [0.3, 0.4) is 0 Å². The van der Waals surface area contributed by atoms with E-state index in [1.54, 1.807) is 23.1 Å². The summed E-state index contributed by atoms with van der Waals surface area (Å²) in [5.74, 6) is 0.427. The number of ether oxygens (including phenoxy) is 1. The van der Waals surface area contributed by atoms with Gasteiger partial charge in [0.2, 0.25) is 0 Å². The number of piperazine rings is 1. The highest BCUT2D eigenvalue weighted by Crippen LogP contribution is 2.32. The molecule has 0 spiro atoms. The summed E-state index contributed by atoms with van der Waals surface area (Å²) >= 11 is 18.5. The van der Waals surface area contributed by atoms with Crippen molar-refractivity contribution in [2.24, 2.45) is 0 Å².